The lowest BCUT2D eigenvalue weighted by Crippen LogP contribution is -2.36. The van der Waals surface area contributed by atoms with Crippen molar-refractivity contribution >= 4 is 5.91 Å². The van der Waals surface area contributed by atoms with Crippen LogP contribution in [0.25, 0.3) is 0 Å². The lowest BCUT2D eigenvalue weighted by atomic mass is 10.1. The van der Waals surface area contributed by atoms with E-state index in [4.69, 9.17) is 9.47 Å². The number of carbonyl (C=O) groups excluding carboxylic acids is 1. The molecule has 0 bridgehead atoms. The molecule has 0 saturated carbocycles. The van der Waals surface area contributed by atoms with E-state index in [0.29, 0.717) is 18.8 Å². The Morgan fingerprint density at radius 1 is 1.00 bits per heavy atom. The summed E-state index contributed by atoms with van der Waals surface area (Å²) in [6.07, 6.45) is 0. The Balaban J connectivity index is 1.91. The van der Waals surface area contributed by atoms with Crippen molar-refractivity contribution in [2.75, 3.05) is 13.2 Å². The fraction of sp³-hybridized carbons (Fsp3) is 0.381. The van der Waals surface area contributed by atoms with Crippen molar-refractivity contribution in [3.05, 3.63) is 58.7 Å². The summed E-state index contributed by atoms with van der Waals surface area (Å²) in [7, 11) is 0. The van der Waals surface area contributed by atoms with Gasteiger partial charge in [0.1, 0.15) is 18.1 Å². The minimum absolute atomic E-state index is 0.0963. The molecule has 0 fully saturated rings. The molecular formula is C21H27NO3. The number of benzene rings is 2. The summed E-state index contributed by atoms with van der Waals surface area (Å²) in [6.45, 7) is 11.0. The van der Waals surface area contributed by atoms with Crippen molar-refractivity contribution in [3.8, 4) is 11.5 Å². The Kier molecular flexibility index (Phi) is 6.45. The van der Waals surface area contributed by atoms with Gasteiger partial charge in [-0.05, 0) is 81.6 Å². The monoisotopic (exact) mass is 341 g/mol. The largest absolute Gasteiger partial charge is 0.494 e. The lowest BCUT2D eigenvalue weighted by Gasteiger charge is -2.16. The zero-order valence-electron chi connectivity index (χ0n) is 15.7. The van der Waals surface area contributed by atoms with Crippen LogP contribution in [0.1, 0.15) is 40.9 Å². The number of ether oxygens (including phenoxy) is 2. The molecule has 1 amide bonds. The van der Waals surface area contributed by atoms with E-state index in [2.05, 4.69) is 19.2 Å². The maximum atomic E-state index is 12.4. The Morgan fingerprint density at radius 3 is 2.40 bits per heavy atom. The van der Waals surface area contributed by atoms with E-state index in [-0.39, 0.29) is 11.9 Å². The van der Waals surface area contributed by atoms with Gasteiger partial charge in [-0.3, -0.25) is 4.79 Å². The van der Waals surface area contributed by atoms with Crippen molar-refractivity contribution in [2.45, 2.75) is 40.7 Å². The third kappa shape index (κ3) is 5.24. The van der Waals surface area contributed by atoms with Crippen LogP contribution in [0.2, 0.25) is 0 Å². The summed E-state index contributed by atoms with van der Waals surface area (Å²) in [5.74, 6) is 1.52. The summed E-state index contributed by atoms with van der Waals surface area (Å²) in [4.78, 5) is 12.4. The van der Waals surface area contributed by atoms with Gasteiger partial charge in [0.25, 0.3) is 5.91 Å². The minimum atomic E-state index is -0.109. The van der Waals surface area contributed by atoms with Crippen LogP contribution in [-0.4, -0.2) is 25.2 Å². The highest BCUT2D eigenvalue weighted by atomic mass is 16.5. The van der Waals surface area contributed by atoms with Crippen LogP contribution in [0.5, 0.6) is 11.5 Å². The molecule has 1 atom stereocenters. The number of hydrogen-bond donors (Lipinski definition) is 1. The van der Waals surface area contributed by atoms with E-state index >= 15 is 0 Å². The number of aryl methyl sites for hydroxylation is 3. The first-order valence-corrected chi connectivity index (χ1v) is 8.65. The number of hydrogen-bond acceptors (Lipinski definition) is 3. The molecule has 1 N–H and O–H groups in total. The Morgan fingerprint density at radius 2 is 1.76 bits per heavy atom. The maximum absolute atomic E-state index is 12.4. The molecule has 2 aromatic carbocycles. The quantitative estimate of drug-likeness (QED) is 0.821. The van der Waals surface area contributed by atoms with Crippen LogP contribution in [0.15, 0.2) is 36.4 Å². The van der Waals surface area contributed by atoms with Gasteiger partial charge in [-0.25, -0.2) is 0 Å². The molecule has 0 aliphatic rings. The fourth-order valence-electron chi connectivity index (χ4n) is 2.48. The molecule has 4 heteroatoms. The molecule has 0 aliphatic heterocycles. The maximum Gasteiger partial charge on any atom is 0.251 e. The molecule has 0 radical (unpaired) electrons. The molecule has 25 heavy (non-hydrogen) atoms. The van der Waals surface area contributed by atoms with Gasteiger partial charge in [-0.2, -0.15) is 0 Å². The molecule has 0 aliphatic carbocycles. The summed E-state index contributed by atoms with van der Waals surface area (Å²) in [5, 5.41) is 2.97. The molecule has 2 aromatic rings. The van der Waals surface area contributed by atoms with Crippen LogP contribution in [0, 0.1) is 20.8 Å². The van der Waals surface area contributed by atoms with Gasteiger partial charge in [0.2, 0.25) is 0 Å². The third-order valence-corrected chi connectivity index (χ3v) is 4.09. The highest BCUT2D eigenvalue weighted by Crippen LogP contribution is 2.19. The topological polar surface area (TPSA) is 47.6 Å². The second kappa shape index (κ2) is 8.56. The molecule has 0 heterocycles. The Hall–Kier alpha value is -2.49. The zero-order chi connectivity index (χ0) is 18.4. The van der Waals surface area contributed by atoms with Crippen LogP contribution in [0.4, 0.5) is 0 Å². The predicted molar refractivity (Wildman–Crippen MR) is 101 cm³/mol. The molecule has 0 saturated heterocycles. The summed E-state index contributed by atoms with van der Waals surface area (Å²) < 4.78 is 11.3. The third-order valence-electron chi connectivity index (χ3n) is 4.09. The van der Waals surface area contributed by atoms with Crippen LogP contribution < -0.4 is 14.8 Å². The first kappa shape index (κ1) is 18.8. The fourth-order valence-corrected chi connectivity index (χ4v) is 2.48. The first-order valence-electron chi connectivity index (χ1n) is 8.65. The molecule has 134 valence electrons. The van der Waals surface area contributed by atoms with Gasteiger partial charge in [0.05, 0.1) is 12.6 Å². The van der Waals surface area contributed by atoms with Crippen molar-refractivity contribution < 1.29 is 14.3 Å². The predicted octanol–water partition coefficient (Wildman–Crippen LogP) is 4.21. The van der Waals surface area contributed by atoms with E-state index in [9.17, 15) is 4.79 Å². The van der Waals surface area contributed by atoms with Crippen LogP contribution in [-0.2, 0) is 0 Å². The smallest absolute Gasteiger partial charge is 0.251 e. The second-order valence-electron chi connectivity index (χ2n) is 6.34. The van der Waals surface area contributed by atoms with E-state index in [0.717, 1.165) is 17.1 Å². The second-order valence-corrected chi connectivity index (χ2v) is 6.34. The average Bonchev–Trinajstić information content (AvgIpc) is 2.58. The standard InChI is InChI=1S/C21H27NO3/c1-6-24-20-10-8-18(11-16(20)4)21(23)22-17(5)13-25-19-9-7-14(2)15(3)12-19/h7-12,17H,6,13H2,1-5H3,(H,22,23)/t17-/m0/s1. The Bertz CT molecular complexity index is 740. The van der Waals surface area contributed by atoms with Gasteiger partial charge < -0.3 is 14.8 Å². The molecule has 0 spiro atoms. The average molecular weight is 341 g/mol. The minimum Gasteiger partial charge on any atom is -0.494 e. The molecule has 0 aromatic heterocycles. The molecule has 4 nitrogen and oxygen atoms in total. The molecule has 0 unspecified atom stereocenters. The zero-order valence-corrected chi connectivity index (χ0v) is 15.7. The van der Waals surface area contributed by atoms with E-state index in [1.165, 1.54) is 11.1 Å². The Labute approximate surface area is 150 Å². The summed E-state index contributed by atoms with van der Waals surface area (Å²) in [5.41, 5.74) is 4.01. The van der Waals surface area contributed by atoms with Gasteiger partial charge >= 0.3 is 0 Å². The highest BCUT2D eigenvalue weighted by molar-refractivity contribution is 5.94. The van der Waals surface area contributed by atoms with Crippen LogP contribution >= 0.6 is 0 Å². The van der Waals surface area contributed by atoms with Crippen molar-refractivity contribution in [1.82, 2.24) is 5.32 Å². The normalized spacial score (nSPS) is 11.7. The van der Waals surface area contributed by atoms with Gasteiger partial charge in [0, 0.05) is 5.56 Å². The van der Waals surface area contributed by atoms with E-state index in [1.54, 1.807) is 6.07 Å². The van der Waals surface area contributed by atoms with Crippen LogP contribution in [0.3, 0.4) is 0 Å². The van der Waals surface area contributed by atoms with Gasteiger partial charge in [-0.15, -0.1) is 0 Å². The van der Waals surface area contributed by atoms with Crippen molar-refractivity contribution in [3.63, 3.8) is 0 Å². The SMILES string of the molecule is CCOc1ccc(C(=O)N[C@@H](C)COc2ccc(C)c(C)c2)cc1C. The summed E-state index contributed by atoms with van der Waals surface area (Å²) >= 11 is 0. The lowest BCUT2D eigenvalue weighted by molar-refractivity contribution is 0.0926. The van der Waals surface area contributed by atoms with Crippen molar-refractivity contribution in [2.24, 2.45) is 0 Å². The number of carbonyl (C=O) groups is 1. The molecular weight excluding hydrogens is 314 g/mol. The highest BCUT2D eigenvalue weighted by Gasteiger charge is 2.12. The number of amides is 1. The van der Waals surface area contributed by atoms with Crippen molar-refractivity contribution in [1.29, 1.82) is 0 Å². The van der Waals surface area contributed by atoms with Gasteiger partial charge in [0.15, 0.2) is 0 Å². The van der Waals surface area contributed by atoms with Gasteiger partial charge in [-0.1, -0.05) is 6.07 Å². The number of nitrogens with one attached hydrogen (secondary N) is 1. The molecule has 2 rings (SSSR count). The number of rotatable bonds is 7. The van der Waals surface area contributed by atoms with E-state index in [1.807, 2.05) is 51.1 Å². The summed E-state index contributed by atoms with van der Waals surface area (Å²) in [6, 6.07) is 11.4. The van der Waals surface area contributed by atoms with E-state index < -0.39 is 0 Å². The first-order chi connectivity index (χ1) is 11.9.